The van der Waals surface area contributed by atoms with Crippen LogP contribution < -0.4 is 0 Å². The highest BCUT2D eigenvalue weighted by atomic mass is 16.5. The summed E-state index contributed by atoms with van der Waals surface area (Å²) in [6.45, 7) is 2.32. The van der Waals surface area contributed by atoms with Crippen molar-refractivity contribution < 1.29 is 19.1 Å². The lowest BCUT2D eigenvalue weighted by Crippen LogP contribution is -2.39. The Kier molecular flexibility index (Phi) is 9.75. The van der Waals surface area contributed by atoms with E-state index in [-0.39, 0.29) is 18.3 Å². The molecule has 0 saturated heterocycles. The molecule has 0 aromatic heterocycles. The first-order valence-corrected chi connectivity index (χ1v) is 11.6. The van der Waals surface area contributed by atoms with Gasteiger partial charge in [-0.05, 0) is 30.5 Å². The standard InChI is InChI=1S/C30H29NO4/c1-2-35-30(34)21-18-27(22-24-12-6-3-7-13-24)31(23-25-14-8-4-9-15-25)29(33)20-19-28(32)26-16-10-5-11-17-26/h3-21,27H,2,22-23H2,1H3/b20-19+,21-18+. The zero-order valence-corrected chi connectivity index (χ0v) is 19.7. The lowest BCUT2D eigenvalue weighted by Gasteiger charge is -2.29. The molecule has 1 unspecified atom stereocenters. The number of carbonyl (C=O) groups excluding carboxylic acids is 3. The van der Waals surface area contributed by atoms with Crippen molar-refractivity contribution >= 4 is 17.7 Å². The molecule has 0 aliphatic heterocycles. The molecule has 5 nitrogen and oxygen atoms in total. The molecule has 0 fully saturated rings. The minimum Gasteiger partial charge on any atom is -0.463 e. The number of hydrogen-bond donors (Lipinski definition) is 0. The minimum absolute atomic E-state index is 0.250. The first-order valence-electron chi connectivity index (χ1n) is 11.6. The Bertz CT molecular complexity index is 1150. The quantitative estimate of drug-likeness (QED) is 0.221. The third-order valence-corrected chi connectivity index (χ3v) is 5.34. The van der Waals surface area contributed by atoms with Crippen LogP contribution in [0.2, 0.25) is 0 Å². The highest BCUT2D eigenvalue weighted by molar-refractivity contribution is 6.07. The maximum absolute atomic E-state index is 13.4. The largest absolute Gasteiger partial charge is 0.463 e. The maximum Gasteiger partial charge on any atom is 0.330 e. The Morgan fingerprint density at radius 2 is 1.34 bits per heavy atom. The molecule has 178 valence electrons. The van der Waals surface area contributed by atoms with Gasteiger partial charge in [0.2, 0.25) is 5.91 Å². The number of nitrogens with zero attached hydrogens (tertiary/aromatic N) is 1. The van der Waals surface area contributed by atoms with E-state index in [4.69, 9.17) is 4.74 Å². The van der Waals surface area contributed by atoms with E-state index >= 15 is 0 Å². The van der Waals surface area contributed by atoms with Gasteiger partial charge in [0, 0.05) is 24.3 Å². The number of ketones is 1. The van der Waals surface area contributed by atoms with Gasteiger partial charge in [0.25, 0.3) is 0 Å². The number of allylic oxidation sites excluding steroid dienone is 1. The topological polar surface area (TPSA) is 63.7 Å². The second-order valence-corrected chi connectivity index (χ2v) is 7.88. The number of rotatable bonds is 11. The van der Waals surface area contributed by atoms with E-state index in [1.807, 2.05) is 66.7 Å². The van der Waals surface area contributed by atoms with Crippen LogP contribution >= 0.6 is 0 Å². The zero-order valence-electron chi connectivity index (χ0n) is 19.7. The average molecular weight is 468 g/mol. The molecule has 0 N–H and O–H groups in total. The van der Waals surface area contributed by atoms with Crippen LogP contribution in [-0.2, 0) is 27.3 Å². The van der Waals surface area contributed by atoms with Crippen molar-refractivity contribution in [2.75, 3.05) is 6.61 Å². The summed E-state index contributed by atoms with van der Waals surface area (Å²) in [6.07, 6.45) is 6.15. The van der Waals surface area contributed by atoms with Crippen molar-refractivity contribution in [1.82, 2.24) is 4.90 Å². The molecule has 0 heterocycles. The molecule has 35 heavy (non-hydrogen) atoms. The van der Waals surface area contributed by atoms with Gasteiger partial charge in [-0.3, -0.25) is 9.59 Å². The normalized spacial score (nSPS) is 11.9. The first-order chi connectivity index (χ1) is 17.1. The highest BCUT2D eigenvalue weighted by Gasteiger charge is 2.22. The summed E-state index contributed by atoms with van der Waals surface area (Å²) in [6, 6.07) is 27.7. The summed E-state index contributed by atoms with van der Waals surface area (Å²) in [7, 11) is 0. The number of ether oxygens (including phenoxy) is 1. The Labute approximate surface area is 206 Å². The number of benzene rings is 3. The van der Waals surface area contributed by atoms with E-state index < -0.39 is 12.0 Å². The van der Waals surface area contributed by atoms with E-state index in [9.17, 15) is 14.4 Å². The van der Waals surface area contributed by atoms with Crippen LogP contribution in [0.15, 0.2) is 115 Å². The molecule has 3 rings (SSSR count). The van der Waals surface area contributed by atoms with Gasteiger partial charge in [0.1, 0.15) is 0 Å². The molecule has 0 aliphatic carbocycles. The van der Waals surface area contributed by atoms with Gasteiger partial charge < -0.3 is 9.64 Å². The smallest absolute Gasteiger partial charge is 0.330 e. The first kappa shape index (κ1) is 25.4. The van der Waals surface area contributed by atoms with E-state index in [1.54, 1.807) is 42.2 Å². The van der Waals surface area contributed by atoms with Crippen molar-refractivity contribution in [3.63, 3.8) is 0 Å². The molecule has 0 spiro atoms. The van der Waals surface area contributed by atoms with Gasteiger partial charge in [0.15, 0.2) is 5.78 Å². The monoisotopic (exact) mass is 467 g/mol. The molecule has 0 bridgehead atoms. The number of hydrogen-bond acceptors (Lipinski definition) is 4. The summed E-state index contributed by atoms with van der Waals surface area (Å²) < 4.78 is 5.04. The van der Waals surface area contributed by atoms with Crippen LogP contribution in [0.25, 0.3) is 0 Å². The van der Waals surface area contributed by atoms with Crippen LogP contribution in [0, 0.1) is 0 Å². The molecule has 1 amide bonds. The van der Waals surface area contributed by atoms with Crippen molar-refractivity contribution in [2.24, 2.45) is 0 Å². The predicted molar refractivity (Wildman–Crippen MR) is 137 cm³/mol. The van der Waals surface area contributed by atoms with E-state index in [2.05, 4.69) is 0 Å². The molecule has 3 aromatic rings. The van der Waals surface area contributed by atoms with Gasteiger partial charge in [-0.15, -0.1) is 0 Å². The fraction of sp³-hybridized carbons (Fsp3) is 0.167. The van der Waals surface area contributed by atoms with Gasteiger partial charge in [-0.1, -0.05) is 97.1 Å². The number of amides is 1. The Morgan fingerprint density at radius 3 is 1.94 bits per heavy atom. The summed E-state index contributed by atoms with van der Waals surface area (Å²) in [5.41, 5.74) is 2.46. The molecular formula is C30H29NO4. The maximum atomic E-state index is 13.4. The van der Waals surface area contributed by atoms with Crippen molar-refractivity contribution in [3.8, 4) is 0 Å². The van der Waals surface area contributed by atoms with Crippen LogP contribution in [0.4, 0.5) is 0 Å². The number of esters is 1. The summed E-state index contributed by atoms with van der Waals surface area (Å²) in [5.74, 6) is -1.04. The summed E-state index contributed by atoms with van der Waals surface area (Å²) >= 11 is 0. The van der Waals surface area contributed by atoms with Crippen LogP contribution in [-0.4, -0.2) is 35.2 Å². The molecule has 3 aromatic carbocycles. The molecule has 1 atom stereocenters. The Hall–Kier alpha value is -4.25. The lowest BCUT2D eigenvalue weighted by molar-refractivity contribution is -0.137. The highest BCUT2D eigenvalue weighted by Crippen LogP contribution is 2.16. The SMILES string of the molecule is CCOC(=O)/C=C/C(Cc1ccccc1)N(Cc1ccccc1)C(=O)/C=C/C(=O)c1ccccc1. The molecule has 0 saturated carbocycles. The zero-order chi connectivity index (χ0) is 24.9. The second kappa shape index (κ2) is 13.5. The lowest BCUT2D eigenvalue weighted by atomic mass is 10.0. The summed E-state index contributed by atoms with van der Waals surface area (Å²) in [4.78, 5) is 39.7. The van der Waals surface area contributed by atoms with Crippen LogP contribution in [0.1, 0.15) is 28.4 Å². The molecule has 5 heteroatoms. The van der Waals surface area contributed by atoms with Crippen molar-refractivity contribution in [2.45, 2.75) is 25.9 Å². The van der Waals surface area contributed by atoms with Gasteiger partial charge >= 0.3 is 5.97 Å². The second-order valence-electron chi connectivity index (χ2n) is 7.88. The van der Waals surface area contributed by atoms with Crippen molar-refractivity contribution in [3.05, 3.63) is 132 Å². The third kappa shape index (κ3) is 8.23. The minimum atomic E-state index is -0.465. The predicted octanol–water partition coefficient (Wildman–Crippen LogP) is 5.18. The fourth-order valence-electron chi connectivity index (χ4n) is 3.60. The fourth-order valence-corrected chi connectivity index (χ4v) is 3.60. The number of carbonyl (C=O) groups is 3. The van der Waals surface area contributed by atoms with Crippen LogP contribution in [0.5, 0.6) is 0 Å². The van der Waals surface area contributed by atoms with Crippen molar-refractivity contribution in [1.29, 1.82) is 0 Å². The average Bonchev–Trinajstić information content (AvgIpc) is 2.90. The Balaban J connectivity index is 1.91. The third-order valence-electron chi connectivity index (χ3n) is 5.34. The van der Waals surface area contributed by atoms with E-state index in [1.165, 1.54) is 18.2 Å². The van der Waals surface area contributed by atoms with Gasteiger partial charge in [-0.2, -0.15) is 0 Å². The van der Waals surface area contributed by atoms with Gasteiger partial charge in [0.05, 0.1) is 12.6 Å². The van der Waals surface area contributed by atoms with Crippen LogP contribution in [0.3, 0.4) is 0 Å². The van der Waals surface area contributed by atoms with E-state index in [0.29, 0.717) is 18.5 Å². The molecule has 0 aliphatic rings. The Morgan fingerprint density at radius 1 is 0.771 bits per heavy atom. The van der Waals surface area contributed by atoms with E-state index in [0.717, 1.165) is 11.1 Å². The molecular weight excluding hydrogens is 438 g/mol. The van der Waals surface area contributed by atoms with Gasteiger partial charge in [-0.25, -0.2) is 4.79 Å². The molecule has 0 radical (unpaired) electrons. The summed E-state index contributed by atoms with van der Waals surface area (Å²) in [5, 5.41) is 0.